The number of carboxylic acids is 1. The maximum Gasteiger partial charge on any atom is 0.311 e. The van der Waals surface area contributed by atoms with Crippen LogP contribution in [0.1, 0.15) is 0 Å². The van der Waals surface area contributed by atoms with Crippen molar-refractivity contribution in [3.8, 4) is 0 Å². The number of amides is 1. The molecule has 84 valence electrons. The van der Waals surface area contributed by atoms with E-state index in [2.05, 4.69) is 10.6 Å². The van der Waals surface area contributed by atoms with Gasteiger partial charge in [0.15, 0.2) is 0 Å². The number of carbonyl (C=O) groups excluding carboxylic acids is 1. The van der Waals surface area contributed by atoms with Crippen LogP contribution in [0.25, 0.3) is 0 Å². The predicted molar refractivity (Wildman–Crippen MR) is 50.2 cm³/mol. The molecule has 3 N–H and O–H groups in total. The van der Waals surface area contributed by atoms with Gasteiger partial charge in [-0.1, -0.05) is 0 Å². The Kier molecular flexibility index (Phi) is 2.88. The number of nitrogens with one attached hydrogen (secondary N) is 2. The average Bonchev–Trinajstić information content (AvgIpc) is 2.48. The van der Waals surface area contributed by atoms with Crippen LogP contribution in [0.15, 0.2) is 0 Å². The number of rotatable bonds is 3. The van der Waals surface area contributed by atoms with E-state index in [0.717, 1.165) is 0 Å². The lowest BCUT2D eigenvalue weighted by atomic mass is 9.99. The molecule has 6 heteroatoms. The molecule has 15 heavy (non-hydrogen) atoms. The quantitative estimate of drug-likeness (QED) is 0.528. The molecular weight excluding hydrogens is 200 g/mol. The van der Waals surface area contributed by atoms with E-state index in [-0.39, 0.29) is 24.5 Å². The largest absolute Gasteiger partial charge is 0.481 e. The molecule has 0 saturated carbocycles. The fourth-order valence-electron chi connectivity index (χ4n) is 1.71. The molecule has 0 spiro atoms. The lowest BCUT2D eigenvalue weighted by Gasteiger charge is -2.27. The number of ether oxygens (including phenoxy) is 1. The normalized spacial score (nSPS) is 30.9. The van der Waals surface area contributed by atoms with Crippen molar-refractivity contribution in [1.29, 1.82) is 0 Å². The van der Waals surface area contributed by atoms with Crippen LogP contribution in [0, 0.1) is 11.8 Å². The van der Waals surface area contributed by atoms with E-state index in [1.54, 1.807) is 0 Å². The molecule has 1 amide bonds. The van der Waals surface area contributed by atoms with Crippen molar-refractivity contribution in [2.75, 3.05) is 26.3 Å². The van der Waals surface area contributed by atoms with E-state index in [0.29, 0.717) is 19.7 Å². The van der Waals surface area contributed by atoms with Gasteiger partial charge in [-0.2, -0.15) is 0 Å². The third-order valence-corrected chi connectivity index (χ3v) is 2.88. The van der Waals surface area contributed by atoms with Gasteiger partial charge in [-0.3, -0.25) is 9.59 Å². The van der Waals surface area contributed by atoms with Gasteiger partial charge in [0, 0.05) is 13.1 Å². The highest BCUT2D eigenvalue weighted by Gasteiger charge is 2.37. The van der Waals surface area contributed by atoms with E-state index in [1.165, 1.54) is 0 Å². The summed E-state index contributed by atoms with van der Waals surface area (Å²) in [5, 5.41) is 14.6. The molecule has 0 radical (unpaired) electrons. The molecule has 0 aliphatic carbocycles. The summed E-state index contributed by atoms with van der Waals surface area (Å²) < 4.78 is 5.05. The molecule has 6 nitrogen and oxygen atoms in total. The zero-order chi connectivity index (χ0) is 10.8. The first-order valence-corrected chi connectivity index (χ1v) is 5.00. The molecule has 2 aliphatic heterocycles. The van der Waals surface area contributed by atoms with E-state index >= 15 is 0 Å². The molecular formula is C9H14N2O4. The maximum atomic E-state index is 11.5. The van der Waals surface area contributed by atoms with Crippen molar-refractivity contribution in [2.24, 2.45) is 11.8 Å². The lowest BCUT2D eigenvalue weighted by Crippen LogP contribution is -2.54. The molecule has 2 aliphatic rings. The SMILES string of the molecule is O=C(NC1COCC1C(=O)O)C1CNC1. The van der Waals surface area contributed by atoms with Crippen molar-refractivity contribution < 1.29 is 19.4 Å². The minimum atomic E-state index is -0.912. The zero-order valence-corrected chi connectivity index (χ0v) is 8.23. The Morgan fingerprint density at radius 1 is 1.33 bits per heavy atom. The standard InChI is InChI=1S/C9H14N2O4/c12-8(5-1-10-2-5)11-7-4-15-3-6(7)9(13)14/h5-7,10H,1-4H2,(H,11,12)(H,13,14). The van der Waals surface area contributed by atoms with Crippen molar-refractivity contribution in [3.63, 3.8) is 0 Å². The Hall–Kier alpha value is -1.14. The summed E-state index contributed by atoms with van der Waals surface area (Å²) in [4.78, 5) is 22.4. The van der Waals surface area contributed by atoms with Gasteiger partial charge in [-0.15, -0.1) is 0 Å². The number of hydrogen-bond acceptors (Lipinski definition) is 4. The topological polar surface area (TPSA) is 87.7 Å². The second-order valence-electron chi connectivity index (χ2n) is 3.95. The molecule has 0 aromatic carbocycles. The van der Waals surface area contributed by atoms with Crippen LogP contribution in [0.4, 0.5) is 0 Å². The van der Waals surface area contributed by atoms with Gasteiger partial charge in [0.2, 0.25) is 5.91 Å². The predicted octanol–water partition coefficient (Wildman–Crippen LogP) is -1.58. The second-order valence-corrected chi connectivity index (χ2v) is 3.95. The molecule has 2 rings (SSSR count). The molecule has 0 aromatic heterocycles. The molecule has 2 saturated heterocycles. The van der Waals surface area contributed by atoms with Crippen LogP contribution in [0.3, 0.4) is 0 Å². The highest BCUT2D eigenvalue weighted by atomic mass is 16.5. The van der Waals surface area contributed by atoms with Crippen LogP contribution < -0.4 is 10.6 Å². The Morgan fingerprint density at radius 3 is 2.60 bits per heavy atom. The number of hydrogen-bond donors (Lipinski definition) is 3. The van der Waals surface area contributed by atoms with Crippen LogP contribution in [-0.4, -0.2) is 49.3 Å². The molecule has 0 aromatic rings. The minimum absolute atomic E-state index is 0.0138. The average molecular weight is 214 g/mol. The Morgan fingerprint density at radius 2 is 2.07 bits per heavy atom. The summed E-state index contributed by atoms with van der Waals surface area (Å²) in [6.45, 7) is 1.83. The smallest absolute Gasteiger partial charge is 0.311 e. The van der Waals surface area contributed by atoms with Crippen molar-refractivity contribution in [3.05, 3.63) is 0 Å². The molecule has 2 heterocycles. The molecule has 2 fully saturated rings. The molecule has 2 unspecified atom stereocenters. The monoisotopic (exact) mass is 214 g/mol. The lowest BCUT2D eigenvalue weighted by molar-refractivity contribution is -0.142. The third kappa shape index (κ3) is 2.10. The van der Waals surface area contributed by atoms with Crippen LogP contribution in [-0.2, 0) is 14.3 Å². The van der Waals surface area contributed by atoms with Gasteiger partial charge >= 0.3 is 5.97 Å². The Labute approximate surface area is 87.0 Å². The van der Waals surface area contributed by atoms with Crippen LogP contribution in [0.5, 0.6) is 0 Å². The van der Waals surface area contributed by atoms with Gasteiger partial charge in [-0.25, -0.2) is 0 Å². The zero-order valence-electron chi connectivity index (χ0n) is 8.23. The third-order valence-electron chi connectivity index (χ3n) is 2.88. The van der Waals surface area contributed by atoms with Crippen molar-refractivity contribution >= 4 is 11.9 Å². The van der Waals surface area contributed by atoms with Gasteiger partial charge < -0.3 is 20.5 Å². The maximum absolute atomic E-state index is 11.5. The number of carbonyl (C=O) groups is 2. The fraction of sp³-hybridized carbons (Fsp3) is 0.778. The van der Waals surface area contributed by atoms with Crippen molar-refractivity contribution in [2.45, 2.75) is 6.04 Å². The molecule has 2 atom stereocenters. The molecule has 0 bridgehead atoms. The number of carboxylic acid groups (broad SMARTS) is 1. The Balaban J connectivity index is 1.87. The summed E-state index contributed by atoms with van der Waals surface area (Å²) in [7, 11) is 0. The first kappa shape index (κ1) is 10.4. The number of aliphatic carboxylic acids is 1. The van der Waals surface area contributed by atoms with Gasteiger partial charge in [0.05, 0.1) is 25.2 Å². The second kappa shape index (κ2) is 4.16. The van der Waals surface area contributed by atoms with Gasteiger partial charge in [0.1, 0.15) is 5.92 Å². The van der Waals surface area contributed by atoms with Gasteiger partial charge in [-0.05, 0) is 0 Å². The van der Waals surface area contributed by atoms with Gasteiger partial charge in [0.25, 0.3) is 0 Å². The summed E-state index contributed by atoms with van der Waals surface area (Å²) in [5.41, 5.74) is 0. The minimum Gasteiger partial charge on any atom is -0.481 e. The summed E-state index contributed by atoms with van der Waals surface area (Å²) >= 11 is 0. The first-order chi connectivity index (χ1) is 7.18. The summed E-state index contributed by atoms with van der Waals surface area (Å²) in [6.07, 6.45) is 0. The van der Waals surface area contributed by atoms with E-state index in [4.69, 9.17) is 9.84 Å². The highest BCUT2D eigenvalue weighted by Crippen LogP contribution is 2.15. The summed E-state index contributed by atoms with van der Waals surface area (Å²) in [6, 6.07) is -0.379. The van der Waals surface area contributed by atoms with Crippen molar-refractivity contribution in [1.82, 2.24) is 10.6 Å². The fourth-order valence-corrected chi connectivity index (χ4v) is 1.71. The van der Waals surface area contributed by atoms with E-state index in [9.17, 15) is 9.59 Å². The van der Waals surface area contributed by atoms with Crippen LogP contribution >= 0.6 is 0 Å². The summed E-state index contributed by atoms with van der Waals surface area (Å²) in [5.74, 6) is -1.61. The Bertz CT molecular complexity index is 277. The highest BCUT2D eigenvalue weighted by molar-refractivity contribution is 5.81. The first-order valence-electron chi connectivity index (χ1n) is 5.00. The van der Waals surface area contributed by atoms with E-state index in [1.807, 2.05) is 0 Å². The van der Waals surface area contributed by atoms with E-state index < -0.39 is 11.9 Å². The van der Waals surface area contributed by atoms with Crippen LogP contribution in [0.2, 0.25) is 0 Å².